The van der Waals surface area contributed by atoms with Gasteiger partial charge in [0.15, 0.2) is 5.82 Å². The minimum atomic E-state index is -0.440. The Hall–Kier alpha value is -1.99. The number of aromatic nitrogens is 4. The van der Waals surface area contributed by atoms with Crippen LogP contribution in [0.4, 0.5) is 5.82 Å². The summed E-state index contributed by atoms with van der Waals surface area (Å²) < 4.78 is 1.75. The number of nitrogens with zero attached hydrogens (tertiary/aromatic N) is 5. The van der Waals surface area contributed by atoms with E-state index in [-0.39, 0.29) is 0 Å². The third kappa shape index (κ3) is 4.49. The summed E-state index contributed by atoms with van der Waals surface area (Å²) in [4.78, 5) is 2.26. The molecular weight excluding hydrogens is 292 g/mol. The molecule has 124 valence electrons. The summed E-state index contributed by atoms with van der Waals surface area (Å²) in [7, 11) is 0. The van der Waals surface area contributed by atoms with Gasteiger partial charge in [-0.05, 0) is 38.0 Å². The third-order valence-electron chi connectivity index (χ3n) is 4.13. The van der Waals surface area contributed by atoms with Crippen LogP contribution in [0.3, 0.4) is 0 Å². The molecule has 1 aliphatic rings. The van der Waals surface area contributed by atoms with E-state index < -0.39 is 6.10 Å². The number of nitrogens with one attached hydrogen (secondary N) is 1. The maximum atomic E-state index is 10.1. The highest BCUT2D eigenvalue weighted by atomic mass is 16.3. The van der Waals surface area contributed by atoms with E-state index in [9.17, 15) is 5.11 Å². The molecule has 0 aliphatic carbocycles. The minimum absolute atomic E-state index is 0.360. The first kappa shape index (κ1) is 15.9. The Labute approximate surface area is 136 Å². The molecule has 7 heteroatoms. The van der Waals surface area contributed by atoms with Crippen LogP contribution < -0.4 is 10.2 Å². The van der Waals surface area contributed by atoms with Gasteiger partial charge in [-0.15, -0.1) is 5.10 Å². The molecule has 2 atom stereocenters. The molecule has 2 aromatic heterocycles. The normalized spacial score (nSPS) is 19.7. The summed E-state index contributed by atoms with van der Waals surface area (Å²) in [6, 6.07) is 6.24. The van der Waals surface area contributed by atoms with Crippen LogP contribution in [0.15, 0.2) is 30.6 Å². The van der Waals surface area contributed by atoms with Crippen molar-refractivity contribution in [3.05, 3.63) is 36.3 Å². The second-order valence-corrected chi connectivity index (χ2v) is 6.11. The van der Waals surface area contributed by atoms with Gasteiger partial charge in [-0.2, -0.15) is 10.2 Å². The van der Waals surface area contributed by atoms with E-state index >= 15 is 0 Å². The van der Waals surface area contributed by atoms with Gasteiger partial charge >= 0.3 is 0 Å². The van der Waals surface area contributed by atoms with Crippen molar-refractivity contribution in [3.8, 4) is 0 Å². The van der Waals surface area contributed by atoms with E-state index in [1.54, 1.807) is 10.9 Å². The largest absolute Gasteiger partial charge is 0.390 e. The first-order valence-electron chi connectivity index (χ1n) is 8.15. The van der Waals surface area contributed by atoms with Gasteiger partial charge in [0, 0.05) is 38.1 Å². The van der Waals surface area contributed by atoms with Crippen molar-refractivity contribution in [1.82, 2.24) is 25.3 Å². The highest BCUT2D eigenvalue weighted by Crippen LogP contribution is 2.17. The number of anilines is 1. The molecule has 3 heterocycles. The van der Waals surface area contributed by atoms with Gasteiger partial charge in [0.1, 0.15) is 0 Å². The lowest BCUT2D eigenvalue weighted by molar-refractivity contribution is 0.141. The van der Waals surface area contributed by atoms with Gasteiger partial charge < -0.3 is 15.3 Å². The van der Waals surface area contributed by atoms with E-state index in [0.29, 0.717) is 19.1 Å². The highest BCUT2D eigenvalue weighted by Gasteiger charge is 2.21. The average Bonchev–Trinajstić information content (AvgIpc) is 3.07. The molecule has 2 N–H and O–H groups in total. The molecule has 1 aliphatic heterocycles. The van der Waals surface area contributed by atoms with Gasteiger partial charge in [-0.25, -0.2) is 0 Å². The fourth-order valence-electron chi connectivity index (χ4n) is 2.90. The number of aliphatic hydroxyl groups is 1. The summed E-state index contributed by atoms with van der Waals surface area (Å²) in [5.74, 6) is 0.930. The van der Waals surface area contributed by atoms with Crippen molar-refractivity contribution in [2.75, 3.05) is 24.5 Å². The highest BCUT2D eigenvalue weighted by molar-refractivity contribution is 5.38. The van der Waals surface area contributed by atoms with Crippen LogP contribution in [0, 0.1) is 6.92 Å². The summed E-state index contributed by atoms with van der Waals surface area (Å²) in [5, 5.41) is 26.1. The third-order valence-corrected chi connectivity index (χ3v) is 4.13. The van der Waals surface area contributed by atoms with Crippen molar-refractivity contribution in [1.29, 1.82) is 0 Å². The van der Waals surface area contributed by atoms with Crippen molar-refractivity contribution < 1.29 is 5.11 Å². The molecule has 1 fully saturated rings. The molecule has 0 unspecified atom stereocenters. The van der Waals surface area contributed by atoms with Gasteiger partial charge in [0.25, 0.3) is 0 Å². The number of aryl methyl sites for hydroxylation is 1. The molecule has 0 spiro atoms. The second-order valence-electron chi connectivity index (χ2n) is 6.11. The Balaban J connectivity index is 1.47. The van der Waals surface area contributed by atoms with Gasteiger partial charge in [0.2, 0.25) is 0 Å². The van der Waals surface area contributed by atoms with Crippen LogP contribution in [0.25, 0.3) is 0 Å². The van der Waals surface area contributed by atoms with Gasteiger partial charge in [-0.1, -0.05) is 0 Å². The second kappa shape index (κ2) is 7.52. The maximum absolute atomic E-state index is 10.1. The average molecular weight is 316 g/mol. The summed E-state index contributed by atoms with van der Waals surface area (Å²) in [6.45, 7) is 4.92. The van der Waals surface area contributed by atoms with Crippen LogP contribution in [0.1, 0.15) is 18.5 Å². The number of rotatable bonds is 6. The predicted molar refractivity (Wildman–Crippen MR) is 88.2 cm³/mol. The lowest BCUT2D eigenvalue weighted by Gasteiger charge is -2.34. The Morgan fingerprint density at radius 2 is 2.30 bits per heavy atom. The smallest absolute Gasteiger partial charge is 0.151 e. The van der Waals surface area contributed by atoms with E-state index in [1.807, 2.05) is 31.3 Å². The molecular formula is C16H24N6O. The predicted octanol–water partition coefficient (Wildman–Crippen LogP) is 0.601. The van der Waals surface area contributed by atoms with Gasteiger partial charge in [-0.3, -0.25) is 4.68 Å². The van der Waals surface area contributed by atoms with Gasteiger partial charge in [0.05, 0.1) is 18.3 Å². The maximum Gasteiger partial charge on any atom is 0.151 e. The first-order chi connectivity index (χ1) is 11.2. The summed E-state index contributed by atoms with van der Waals surface area (Å²) in [5.41, 5.74) is 0.933. The number of hydrogen-bond acceptors (Lipinski definition) is 6. The quantitative estimate of drug-likeness (QED) is 0.812. The number of aliphatic hydroxyl groups excluding tert-OH is 1. The molecule has 0 aromatic carbocycles. The Bertz CT molecular complexity index is 585. The summed E-state index contributed by atoms with van der Waals surface area (Å²) in [6.07, 6.45) is 5.38. The summed E-state index contributed by atoms with van der Waals surface area (Å²) >= 11 is 0. The Morgan fingerprint density at radius 1 is 1.39 bits per heavy atom. The molecule has 23 heavy (non-hydrogen) atoms. The molecule has 1 saturated heterocycles. The molecule has 0 saturated carbocycles. The zero-order valence-electron chi connectivity index (χ0n) is 13.5. The fourth-order valence-corrected chi connectivity index (χ4v) is 2.90. The van der Waals surface area contributed by atoms with Crippen molar-refractivity contribution in [2.24, 2.45) is 0 Å². The van der Waals surface area contributed by atoms with Crippen LogP contribution in [-0.2, 0) is 6.54 Å². The number of hydrogen-bond donors (Lipinski definition) is 2. The van der Waals surface area contributed by atoms with Crippen LogP contribution >= 0.6 is 0 Å². The van der Waals surface area contributed by atoms with Crippen LogP contribution in [0.2, 0.25) is 0 Å². The zero-order chi connectivity index (χ0) is 16.1. The monoisotopic (exact) mass is 316 g/mol. The Morgan fingerprint density at radius 3 is 3.04 bits per heavy atom. The topological polar surface area (TPSA) is 79.1 Å². The van der Waals surface area contributed by atoms with E-state index in [1.165, 1.54) is 0 Å². The van der Waals surface area contributed by atoms with Crippen molar-refractivity contribution in [2.45, 2.75) is 38.5 Å². The molecule has 2 aromatic rings. The molecule has 0 amide bonds. The van der Waals surface area contributed by atoms with Crippen molar-refractivity contribution >= 4 is 5.82 Å². The van der Waals surface area contributed by atoms with E-state index in [0.717, 1.165) is 37.4 Å². The Kier molecular flexibility index (Phi) is 5.19. The first-order valence-corrected chi connectivity index (χ1v) is 8.15. The number of piperidine rings is 1. The SMILES string of the molecule is Cc1ccc(N2CCC[C@H](NC[C@H](O)Cn3cccn3)C2)nn1. The zero-order valence-corrected chi connectivity index (χ0v) is 13.5. The molecule has 0 bridgehead atoms. The van der Waals surface area contributed by atoms with Crippen LogP contribution in [0.5, 0.6) is 0 Å². The lowest BCUT2D eigenvalue weighted by Crippen LogP contribution is -2.48. The van der Waals surface area contributed by atoms with Crippen molar-refractivity contribution in [3.63, 3.8) is 0 Å². The lowest BCUT2D eigenvalue weighted by atomic mass is 10.1. The van der Waals surface area contributed by atoms with E-state index in [2.05, 4.69) is 25.5 Å². The minimum Gasteiger partial charge on any atom is -0.390 e. The standard InChI is InChI=1S/C16H24N6O/c1-13-5-6-16(20-19-13)21-8-2-4-14(11-21)17-10-15(23)12-22-9-3-7-18-22/h3,5-7,9,14-15,17,23H,2,4,8,10-12H2,1H3/t14-,15-/m0/s1. The molecule has 3 rings (SSSR count). The molecule has 0 radical (unpaired) electrons. The van der Waals surface area contributed by atoms with E-state index in [4.69, 9.17) is 0 Å². The fraction of sp³-hybridized carbons (Fsp3) is 0.562. The van der Waals surface area contributed by atoms with Crippen LogP contribution in [-0.4, -0.2) is 56.9 Å². The molecule has 7 nitrogen and oxygen atoms in total.